The van der Waals surface area contributed by atoms with E-state index in [2.05, 4.69) is 9.80 Å². The molecule has 150 valence electrons. The molecule has 0 aliphatic carbocycles. The molecule has 2 heterocycles. The fourth-order valence-corrected chi connectivity index (χ4v) is 4.47. The number of amides is 2. The highest BCUT2D eigenvalue weighted by atomic mass is 35.5. The Hall–Kier alpha value is -2.28. The molecule has 0 radical (unpaired) electrons. The number of thioether (sulfide) groups is 1. The number of carbonyl (C=O) groups excluding carboxylic acids is 2. The molecule has 2 aliphatic rings. The average molecular weight is 428 g/mol. The van der Waals surface area contributed by atoms with Crippen LogP contribution in [0, 0.1) is 6.92 Å². The normalized spacial score (nSPS) is 19.4. The van der Waals surface area contributed by atoms with Crippen molar-refractivity contribution in [2.75, 3.05) is 37.7 Å². The number of benzene rings is 2. The summed E-state index contributed by atoms with van der Waals surface area (Å²) in [6, 6.07) is 15.7. The molecule has 2 saturated heterocycles. The van der Waals surface area contributed by atoms with Gasteiger partial charge in [-0.25, -0.2) is 0 Å². The summed E-state index contributed by atoms with van der Waals surface area (Å²) in [7, 11) is 0. The number of halogens is 1. The summed E-state index contributed by atoms with van der Waals surface area (Å²) in [5.74, 6) is -0.210. The van der Waals surface area contributed by atoms with Crippen LogP contribution < -0.4 is 4.90 Å². The van der Waals surface area contributed by atoms with E-state index in [0.717, 1.165) is 59.8 Å². The van der Waals surface area contributed by atoms with Crippen LogP contribution in [0.2, 0.25) is 5.02 Å². The first kappa shape index (κ1) is 20.0. The summed E-state index contributed by atoms with van der Waals surface area (Å²) in [6.07, 6.45) is 1.79. The van der Waals surface area contributed by atoms with E-state index in [9.17, 15) is 9.59 Å². The minimum Gasteiger partial charge on any atom is -0.369 e. The Labute approximate surface area is 179 Å². The Balaban J connectivity index is 1.37. The molecule has 0 unspecified atom stereocenters. The zero-order valence-electron chi connectivity index (χ0n) is 16.2. The third kappa shape index (κ3) is 4.66. The molecular formula is C22H22ClN3O2S. The van der Waals surface area contributed by atoms with Gasteiger partial charge < -0.3 is 4.90 Å². The van der Waals surface area contributed by atoms with Gasteiger partial charge in [-0.3, -0.25) is 19.4 Å². The van der Waals surface area contributed by atoms with Crippen LogP contribution in [0.3, 0.4) is 0 Å². The van der Waals surface area contributed by atoms with E-state index >= 15 is 0 Å². The molecule has 2 aromatic rings. The minimum absolute atomic E-state index is 0.203. The van der Waals surface area contributed by atoms with E-state index in [-0.39, 0.29) is 11.1 Å². The van der Waals surface area contributed by atoms with E-state index in [1.807, 2.05) is 55.5 Å². The summed E-state index contributed by atoms with van der Waals surface area (Å²) in [6.45, 7) is 5.57. The van der Waals surface area contributed by atoms with Crippen LogP contribution in [0.1, 0.15) is 11.1 Å². The van der Waals surface area contributed by atoms with E-state index in [0.29, 0.717) is 11.6 Å². The van der Waals surface area contributed by atoms with Gasteiger partial charge in [0.2, 0.25) is 0 Å². The topological polar surface area (TPSA) is 43.9 Å². The van der Waals surface area contributed by atoms with Crippen LogP contribution in [0.25, 0.3) is 6.08 Å². The van der Waals surface area contributed by atoms with Crippen molar-refractivity contribution in [3.63, 3.8) is 0 Å². The van der Waals surface area contributed by atoms with Gasteiger partial charge in [0.05, 0.1) is 11.6 Å². The molecule has 29 heavy (non-hydrogen) atoms. The zero-order valence-corrected chi connectivity index (χ0v) is 17.7. The van der Waals surface area contributed by atoms with Gasteiger partial charge in [-0.15, -0.1) is 0 Å². The molecule has 2 fully saturated rings. The third-order valence-corrected chi connectivity index (χ3v) is 6.28. The lowest BCUT2D eigenvalue weighted by molar-refractivity contribution is -0.124. The van der Waals surface area contributed by atoms with Crippen molar-refractivity contribution in [3.05, 3.63) is 69.6 Å². The molecule has 0 saturated carbocycles. The molecule has 0 bridgehead atoms. The first-order chi connectivity index (χ1) is 14.0. The number of aryl methyl sites for hydroxylation is 1. The molecule has 0 atom stereocenters. The maximum absolute atomic E-state index is 12.7. The lowest BCUT2D eigenvalue weighted by Crippen LogP contribution is -2.50. The lowest BCUT2D eigenvalue weighted by atomic mass is 10.1. The molecule has 5 nitrogen and oxygen atoms in total. The second kappa shape index (κ2) is 8.61. The standard InChI is InChI=1S/C22H22ClN3O2S/c1-16-5-7-17(8-6-16)13-20-21(27)26(22(28)29-20)15-24-9-11-25(12-10-24)19-4-2-3-18(23)14-19/h2-8,13-14H,9-12,15H2,1H3. The monoisotopic (exact) mass is 427 g/mol. The number of nitrogens with zero attached hydrogens (tertiary/aromatic N) is 3. The first-order valence-electron chi connectivity index (χ1n) is 9.54. The smallest absolute Gasteiger partial charge is 0.294 e. The van der Waals surface area contributed by atoms with Crippen LogP contribution in [0.5, 0.6) is 0 Å². The zero-order chi connectivity index (χ0) is 20.4. The van der Waals surface area contributed by atoms with Gasteiger partial charge in [0, 0.05) is 36.9 Å². The molecule has 4 rings (SSSR count). The Morgan fingerprint density at radius 3 is 2.45 bits per heavy atom. The molecule has 2 aliphatic heterocycles. The van der Waals surface area contributed by atoms with Crippen molar-refractivity contribution >= 4 is 46.3 Å². The molecule has 0 spiro atoms. The summed E-state index contributed by atoms with van der Waals surface area (Å²) < 4.78 is 0. The lowest BCUT2D eigenvalue weighted by Gasteiger charge is -2.37. The van der Waals surface area contributed by atoms with Gasteiger partial charge in [-0.1, -0.05) is 47.5 Å². The van der Waals surface area contributed by atoms with Gasteiger partial charge in [-0.05, 0) is 48.5 Å². The number of piperazine rings is 1. The summed E-state index contributed by atoms with van der Waals surface area (Å²) in [5.41, 5.74) is 3.19. The molecular weight excluding hydrogens is 406 g/mol. The Kier molecular flexibility index (Phi) is 5.94. The van der Waals surface area contributed by atoms with E-state index < -0.39 is 0 Å². The minimum atomic E-state index is -0.210. The van der Waals surface area contributed by atoms with Crippen LogP contribution in [0.4, 0.5) is 10.5 Å². The van der Waals surface area contributed by atoms with Crippen LogP contribution >= 0.6 is 23.4 Å². The highest BCUT2D eigenvalue weighted by molar-refractivity contribution is 8.18. The summed E-state index contributed by atoms with van der Waals surface area (Å²) in [4.78, 5) is 31.4. The van der Waals surface area contributed by atoms with E-state index in [1.165, 1.54) is 4.90 Å². The van der Waals surface area contributed by atoms with Crippen molar-refractivity contribution in [3.8, 4) is 0 Å². The predicted octanol–water partition coefficient (Wildman–Crippen LogP) is 4.46. The number of rotatable bonds is 4. The summed E-state index contributed by atoms with van der Waals surface area (Å²) in [5, 5.41) is 0.522. The molecule has 2 amide bonds. The van der Waals surface area contributed by atoms with Crippen molar-refractivity contribution in [2.45, 2.75) is 6.92 Å². The highest BCUT2D eigenvalue weighted by Gasteiger charge is 2.36. The van der Waals surface area contributed by atoms with Gasteiger partial charge in [-0.2, -0.15) is 0 Å². The molecule has 7 heteroatoms. The SMILES string of the molecule is Cc1ccc(C=C2SC(=O)N(CN3CCN(c4cccc(Cl)c4)CC3)C2=O)cc1. The quantitative estimate of drug-likeness (QED) is 0.674. The first-order valence-corrected chi connectivity index (χ1v) is 10.7. The number of carbonyl (C=O) groups is 2. The summed E-state index contributed by atoms with van der Waals surface area (Å²) >= 11 is 7.11. The van der Waals surface area contributed by atoms with Gasteiger partial charge in [0.15, 0.2) is 0 Å². The van der Waals surface area contributed by atoms with Gasteiger partial charge >= 0.3 is 0 Å². The fraction of sp³-hybridized carbons (Fsp3) is 0.273. The maximum Gasteiger partial charge on any atom is 0.294 e. The average Bonchev–Trinajstić information content (AvgIpc) is 2.98. The van der Waals surface area contributed by atoms with Crippen LogP contribution in [-0.2, 0) is 4.79 Å². The fourth-order valence-electron chi connectivity index (χ4n) is 3.46. The van der Waals surface area contributed by atoms with Crippen LogP contribution in [-0.4, -0.2) is 53.8 Å². The molecule has 0 aromatic heterocycles. The van der Waals surface area contributed by atoms with Crippen molar-refractivity contribution in [1.82, 2.24) is 9.80 Å². The number of hydrogen-bond acceptors (Lipinski definition) is 5. The van der Waals surface area contributed by atoms with Gasteiger partial charge in [0.25, 0.3) is 11.1 Å². The highest BCUT2D eigenvalue weighted by Crippen LogP contribution is 2.32. The van der Waals surface area contributed by atoms with Crippen molar-refractivity contribution in [1.29, 1.82) is 0 Å². The number of hydrogen-bond donors (Lipinski definition) is 0. The van der Waals surface area contributed by atoms with E-state index in [4.69, 9.17) is 11.6 Å². The molecule has 0 N–H and O–H groups in total. The van der Waals surface area contributed by atoms with Crippen molar-refractivity contribution < 1.29 is 9.59 Å². The predicted molar refractivity (Wildman–Crippen MR) is 119 cm³/mol. The van der Waals surface area contributed by atoms with Gasteiger partial charge in [0.1, 0.15) is 0 Å². The Morgan fingerprint density at radius 2 is 1.76 bits per heavy atom. The Morgan fingerprint density at radius 1 is 1.03 bits per heavy atom. The number of imide groups is 1. The maximum atomic E-state index is 12.7. The van der Waals surface area contributed by atoms with Crippen LogP contribution in [0.15, 0.2) is 53.4 Å². The third-order valence-electron chi connectivity index (χ3n) is 5.14. The van der Waals surface area contributed by atoms with Crippen molar-refractivity contribution in [2.24, 2.45) is 0 Å². The largest absolute Gasteiger partial charge is 0.369 e. The van der Waals surface area contributed by atoms with E-state index in [1.54, 1.807) is 6.08 Å². The number of anilines is 1. The second-order valence-electron chi connectivity index (χ2n) is 7.25. The second-order valence-corrected chi connectivity index (χ2v) is 8.68. The molecule has 2 aromatic carbocycles. The Bertz CT molecular complexity index is 953.